The quantitative estimate of drug-likeness (QED) is 0.583. The van der Waals surface area contributed by atoms with E-state index in [2.05, 4.69) is 57.5 Å². The van der Waals surface area contributed by atoms with Gasteiger partial charge in [-0.1, -0.05) is 25.1 Å². The summed E-state index contributed by atoms with van der Waals surface area (Å²) < 4.78 is 7.33. The van der Waals surface area contributed by atoms with Gasteiger partial charge in [-0.2, -0.15) is 5.10 Å². The van der Waals surface area contributed by atoms with Crippen LogP contribution in [-0.2, 0) is 11.3 Å². The Kier molecular flexibility index (Phi) is 7.45. The first kappa shape index (κ1) is 20.4. The molecule has 1 N–H and O–H groups in total. The van der Waals surface area contributed by atoms with Crippen LogP contribution < -0.4 is 5.32 Å². The van der Waals surface area contributed by atoms with Gasteiger partial charge in [0.1, 0.15) is 0 Å². The van der Waals surface area contributed by atoms with Crippen LogP contribution in [-0.4, -0.2) is 79.0 Å². The first-order valence-corrected chi connectivity index (χ1v) is 9.96. The zero-order valence-corrected chi connectivity index (χ0v) is 17.2. The molecule has 0 saturated carbocycles. The Morgan fingerprint density at radius 1 is 1.29 bits per heavy atom. The largest absolute Gasteiger partial charge is 0.379 e. The molecule has 2 aromatic rings. The van der Waals surface area contributed by atoms with Crippen molar-refractivity contribution in [2.24, 2.45) is 10.9 Å². The fourth-order valence-electron chi connectivity index (χ4n) is 3.45. The normalized spacial score (nSPS) is 16.8. The summed E-state index contributed by atoms with van der Waals surface area (Å²) >= 11 is 0. The summed E-state index contributed by atoms with van der Waals surface area (Å²) in [6.07, 6.45) is 3.98. The van der Waals surface area contributed by atoms with E-state index in [9.17, 15) is 0 Å². The van der Waals surface area contributed by atoms with Gasteiger partial charge in [-0.15, -0.1) is 0 Å². The summed E-state index contributed by atoms with van der Waals surface area (Å²) in [5.74, 6) is 1.45. The van der Waals surface area contributed by atoms with Crippen LogP contribution in [0.15, 0.2) is 47.7 Å². The number of nitrogens with zero attached hydrogens (tertiary/aromatic N) is 5. The topological polar surface area (TPSA) is 57.9 Å². The van der Waals surface area contributed by atoms with E-state index in [4.69, 9.17) is 4.74 Å². The van der Waals surface area contributed by atoms with Gasteiger partial charge < -0.3 is 15.0 Å². The van der Waals surface area contributed by atoms with Crippen molar-refractivity contribution in [3.05, 3.63) is 48.3 Å². The number of guanidine groups is 1. The van der Waals surface area contributed by atoms with Gasteiger partial charge in [0.05, 0.1) is 25.1 Å². The van der Waals surface area contributed by atoms with Crippen LogP contribution in [0.5, 0.6) is 0 Å². The highest BCUT2D eigenvalue weighted by atomic mass is 16.5. The average molecular weight is 385 g/mol. The standard InChI is InChI=1S/C21H32N6O/c1-18(15-26-9-11-28-12-10-26)13-23-21(22-2)25(3)16-19-14-24-27(17-19)20-7-5-4-6-8-20/h4-8,14,17-18H,9-13,15-16H2,1-3H3,(H,22,23). The van der Waals surface area contributed by atoms with Gasteiger partial charge in [0.15, 0.2) is 5.96 Å². The maximum Gasteiger partial charge on any atom is 0.193 e. The van der Waals surface area contributed by atoms with E-state index in [1.54, 1.807) is 0 Å². The number of nitrogens with one attached hydrogen (secondary N) is 1. The molecule has 0 spiro atoms. The lowest BCUT2D eigenvalue weighted by molar-refractivity contribution is 0.0320. The van der Waals surface area contributed by atoms with E-state index in [0.717, 1.165) is 63.1 Å². The Balaban J connectivity index is 1.48. The third-order valence-electron chi connectivity index (χ3n) is 4.93. The molecule has 3 rings (SSSR count). The van der Waals surface area contributed by atoms with Crippen LogP contribution in [0.4, 0.5) is 0 Å². The number of para-hydroxylation sites is 1. The second-order valence-electron chi connectivity index (χ2n) is 7.43. The van der Waals surface area contributed by atoms with Crippen LogP contribution in [0.25, 0.3) is 5.69 Å². The van der Waals surface area contributed by atoms with E-state index < -0.39 is 0 Å². The summed E-state index contributed by atoms with van der Waals surface area (Å²) in [5.41, 5.74) is 2.21. The molecule has 0 radical (unpaired) electrons. The lowest BCUT2D eigenvalue weighted by Crippen LogP contribution is -2.44. The lowest BCUT2D eigenvalue weighted by Gasteiger charge is -2.30. The van der Waals surface area contributed by atoms with Crippen molar-refractivity contribution in [3.63, 3.8) is 0 Å². The van der Waals surface area contributed by atoms with E-state index in [-0.39, 0.29) is 0 Å². The molecule has 152 valence electrons. The highest BCUT2D eigenvalue weighted by Gasteiger charge is 2.15. The van der Waals surface area contributed by atoms with Gasteiger partial charge in [-0.05, 0) is 18.1 Å². The first-order chi connectivity index (χ1) is 13.7. The second kappa shape index (κ2) is 10.2. The molecule has 0 bridgehead atoms. The molecule has 1 aromatic heterocycles. The lowest BCUT2D eigenvalue weighted by atomic mass is 10.1. The maximum atomic E-state index is 5.42. The van der Waals surface area contributed by atoms with Gasteiger partial charge in [-0.3, -0.25) is 9.89 Å². The number of benzene rings is 1. The third-order valence-corrected chi connectivity index (χ3v) is 4.93. The highest BCUT2D eigenvalue weighted by molar-refractivity contribution is 5.79. The summed E-state index contributed by atoms with van der Waals surface area (Å²) in [4.78, 5) is 9.04. The SMILES string of the molecule is CN=C(NCC(C)CN1CCOCC1)N(C)Cc1cnn(-c2ccccc2)c1. The number of morpholine rings is 1. The van der Waals surface area contributed by atoms with Crippen LogP contribution in [0.1, 0.15) is 12.5 Å². The minimum absolute atomic E-state index is 0.545. The number of rotatable bonds is 7. The van der Waals surface area contributed by atoms with Crippen molar-refractivity contribution >= 4 is 5.96 Å². The summed E-state index contributed by atoms with van der Waals surface area (Å²) in [7, 11) is 3.89. The van der Waals surface area contributed by atoms with E-state index >= 15 is 0 Å². The van der Waals surface area contributed by atoms with Crippen LogP contribution in [0.2, 0.25) is 0 Å². The number of hydrogen-bond acceptors (Lipinski definition) is 4. The smallest absolute Gasteiger partial charge is 0.193 e. The molecule has 7 heteroatoms. The Bertz CT molecular complexity index is 738. The number of ether oxygens (including phenoxy) is 1. The molecule has 1 atom stereocenters. The van der Waals surface area contributed by atoms with Crippen molar-refractivity contribution in [1.82, 2.24) is 24.9 Å². The van der Waals surface area contributed by atoms with Crippen molar-refractivity contribution in [2.45, 2.75) is 13.5 Å². The second-order valence-corrected chi connectivity index (χ2v) is 7.43. The number of aromatic nitrogens is 2. The van der Waals surface area contributed by atoms with Crippen LogP contribution in [0, 0.1) is 5.92 Å². The van der Waals surface area contributed by atoms with Crippen LogP contribution >= 0.6 is 0 Å². The molecule has 28 heavy (non-hydrogen) atoms. The number of hydrogen-bond donors (Lipinski definition) is 1. The zero-order valence-electron chi connectivity index (χ0n) is 17.2. The van der Waals surface area contributed by atoms with Gasteiger partial charge in [0, 0.05) is 58.6 Å². The predicted octanol–water partition coefficient (Wildman–Crippen LogP) is 1.85. The molecule has 2 heterocycles. The van der Waals surface area contributed by atoms with E-state index in [1.807, 2.05) is 36.1 Å². The van der Waals surface area contributed by atoms with E-state index in [0.29, 0.717) is 5.92 Å². The zero-order chi connectivity index (χ0) is 19.8. The van der Waals surface area contributed by atoms with Gasteiger partial charge in [-0.25, -0.2) is 4.68 Å². The molecule has 1 fully saturated rings. The minimum atomic E-state index is 0.545. The summed E-state index contributed by atoms with van der Waals surface area (Å²) in [6.45, 7) is 8.78. The molecular weight excluding hydrogens is 352 g/mol. The molecule has 0 aliphatic carbocycles. The minimum Gasteiger partial charge on any atom is -0.379 e. The molecule has 1 unspecified atom stereocenters. The van der Waals surface area contributed by atoms with Crippen molar-refractivity contribution in [3.8, 4) is 5.69 Å². The molecule has 7 nitrogen and oxygen atoms in total. The molecule has 0 amide bonds. The maximum absolute atomic E-state index is 5.42. The Morgan fingerprint density at radius 2 is 2.04 bits per heavy atom. The molecule has 1 aliphatic rings. The van der Waals surface area contributed by atoms with Gasteiger partial charge in [0.2, 0.25) is 0 Å². The summed E-state index contributed by atoms with van der Waals surface area (Å²) in [5, 5.41) is 7.99. The number of aliphatic imine (C=N–C) groups is 1. The molecule has 1 aromatic carbocycles. The highest BCUT2D eigenvalue weighted by Crippen LogP contribution is 2.09. The van der Waals surface area contributed by atoms with E-state index in [1.165, 1.54) is 0 Å². The monoisotopic (exact) mass is 384 g/mol. The Morgan fingerprint density at radius 3 is 2.75 bits per heavy atom. The molecular formula is C21H32N6O. The van der Waals surface area contributed by atoms with Crippen LogP contribution in [0.3, 0.4) is 0 Å². The predicted molar refractivity (Wildman–Crippen MR) is 113 cm³/mol. The first-order valence-electron chi connectivity index (χ1n) is 9.96. The Hall–Kier alpha value is -2.38. The van der Waals surface area contributed by atoms with Crippen molar-refractivity contribution < 1.29 is 4.74 Å². The Labute approximate surface area is 168 Å². The van der Waals surface area contributed by atoms with Gasteiger partial charge in [0.25, 0.3) is 0 Å². The van der Waals surface area contributed by atoms with Crippen molar-refractivity contribution in [1.29, 1.82) is 0 Å². The molecule has 1 aliphatic heterocycles. The summed E-state index contributed by atoms with van der Waals surface area (Å²) in [6, 6.07) is 10.2. The van der Waals surface area contributed by atoms with Crippen molar-refractivity contribution in [2.75, 3.05) is 53.5 Å². The fourth-order valence-corrected chi connectivity index (χ4v) is 3.45. The fraction of sp³-hybridized carbons (Fsp3) is 0.524. The van der Waals surface area contributed by atoms with Gasteiger partial charge >= 0.3 is 0 Å². The average Bonchev–Trinajstić information content (AvgIpc) is 3.18. The molecule has 1 saturated heterocycles. The third kappa shape index (κ3) is 5.81.